The van der Waals surface area contributed by atoms with Crippen LogP contribution in [0.15, 0.2) is 30.5 Å². The second-order valence-corrected chi connectivity index (χ2v) is 11.1. The Hall–Kier alpha value is -2.88. The summed E-state index contributed by atoms with van der Waals surface area (Å²) in [5.41, 5.74) is 2.72. The molecule has 1 aromatic carbocycles. The van der Waals surface area contributed by atoms with Crippen molar-refractivity contribution in [1.82, 2.24) is 24.5 Å². The van der Waals surface area contributed by atoms with Gasteiger partial charge in [0.05, 0.1) is 24.8 Å². The first-order chi connectivity index (χ1) is 18.4. The number of imidazole rings is 1. The number of carbonyl (C=O) groups is 1. The Balaban J connectivity index is 1.36. The molecule has 5 heterocycles. The number of rotatable bonds is 5. The largest absolute Gasteiger partial charge is 0.377 e. The average Bonchev–Trinajstić information content (AvgIpc) is 3.19. The van der Waals surface area contributed by atoms with Gasteiger partial charge in [0.25, 0.3) is 5.91 Å². The number of benzene rings is 1. The molecule has 38 heavy (non-hydrogen) atoms. The summed E-state index contributed by atoms with van der Waals surface area (Å²) in [5, 5.41) is 3.43. The fraction of sp³-hybridized carbons (Fsp3) is 0.517. The van der Waals surface area contributed by atoms with Crippen molar-refractivity contribution >= 4 is 11.4 Å². The summed E-state index contributed by atoms with van der Waals surface area (Å²) in [6.45, 7) is 10.2. The molecule has 2 aromatic heterocycles. The third-order valence-electron chi connectivity index (χ3n) is 8.42. The third kappa shape index (κ3) is 4.72. The molecule has 202 valence electrons. The van der Waals surface area contributed by atoms with Gasteiger partial charge >= 0.3 is 0 Å². The Kier molecular flexibility index (Phi) is 6.92. The van der Waals surface area contributed by atoms with Crippen LogP contribution in [0.1, 0.15) is 47.4 Å². The van der Waals surface area contributed by atoms with E-state index in [1.807, 2.05) is 19.2 Å². The van der Waals surface area contributed by atoms with Gasteiger partial charge in [0.2, 0.25) is 5.95 Å². The fourth-order valence-electron chi connectivity index (χ4n) is 6.23. The van der Waals surface area contributed by atoms with Gasteiger partial charge < -0.3 is 24.3 Å². The standard InChI is InChI=1S/C29H35F2N5O2/c1-18-17-38-10-9-35(18)29(37)26-12-23(30)3-4-24(26)25-11-21(16-36-19(2)33-28(31)27(25)36)22-14-34(15-22)13-20-5-7-32-8-6-20/h3-4,11-12,16,18,20,22,32H,5-10,13-15,17H2,1-2H3/t18-/m1/s1. The minimum atomic E-state index is -0.590. The molecule has 1 atom stereocenters. The predicted octanol–water partition coefficient (Wildman–Crippen LogP) is 3.85. The molecule has 3 aromatic rings. The molecule has 0 saturated carbocycles. The maximum absolute atomic E-state index is 15.2. The predicted molar refractivity (Wildman–Crippen MR) is 141 cm³/mol. The van der Waals surface area contributed by atoms with Crippen molar-refractivity contribution < 1.29 is 18.3 Å². The van der Waals surface area contributed by atoms with E-state index < -0.39 is 11.8 Å². The highest BCUT2D eigenvalue weighted by atomic mass is 19.1. The smallest absolute Gasteiger partial charge is 0.254 e. The van der Waals surface area contributed by atoms with Gasteiger partial charge in [-0.25, -0.2) is 9.37 Å². The zero-order chi connectivity index (χ0) is 26.4. The van der Waals surface area contributed by atoms with Crippen LogP contribution in [-0.4, -0.2) is 83.6 Å². The van der Waals surface area contributed by atoms with Crippen LogP contribution < -0.4 is 5.32 Å². The third-order valence-corrected chi connectivity index (χ3v) is 8.42. The van der Waals surface area contributed by atoms with Crippen LogP contribution in [0.4, 0.5) is 8.78 Å². The van der Waals surface area contributed by atoms with Gasteiger partial charge in [-0.3, -0.25) is 4.79 Å². The van der Waals surface area contributed by atoms with Crippen LogP contribution in [0.5, 0.6) is 0 Å². The van der Waals surface area contributed by atoms with Crippen molar-refractivity contribution in [1.29, 1.82) is 0 Å². The topological polar surface area (TPSA) is 62.1 Å². The van der Waals surface area contributed by atoms with Crippen molar-refractivity contribution in [2.45, 2.75) is 38.6 Å². The maximum Gasteiger partial charge on any atom is 0.254 e. The molecule has 0 unspecified atom stereocenters. The summed E-state index contributed by atoms with van der Waals surface area (Å²) in [6.07, 6.45) is 4.41. The molecule has 1 amide bonds. The van der Waals surface area contributed by atoms with E-state index in [2.05, 4.69) is 15.2 Å². The van der Waals surface area contributed by atoms with E-state index >= 15 is 4.39 Å². The van der Waals surface area contributed by atoms with Crippen LogP contribution in [0, 0.1) is 24.6 Å². The molecule has 6 rings (SSSR count). The number of hydrogen-bond donors (Lipinski definition) is 1. The first kappa shape index (κ1) is 25.4. The van der Waals surface area contributed by atoms with E-state index in [1.54, 1.807) is 22.3 Å². The fourth-order valence-corrected chi connectivity index (χ4v) is 6.23. The number of halogens is 2. The van der Waals surface area contributed by atoms with Crippen LogP contribution in [-0.2, 0) is 4.74 Å². The van der Waals surface area contributed by atoms with Gasteiger partial charge in [-0.1, -0.05) is 6.07 Å². The number of carbonyl (C=O) groups excluding carboxylic acids is 1. The lowest BCUT2D eigenvalue weighted by atomic mass is 9.87. The zero-order valence-electron chi connectivity index (χ0n) is 22.1. The number of nitrogens with zero attached hydrogens (tertiary/aromatic N) is 4. The summed E-state index contributed by atoms with van der Waals surface area (Å²) in [6, 6.07) is 6.06. The van der Waals surface area contributed by atoms with Crippen molar-refractivity contribution in [3.05, 3.63) is 59.2 Å². The van der Waals surface area contributed by atoms with E-state index in [0.717, 1.165) is 44.2 Å². The Morgan fingerprint density at radius 3 is 2.71 bits per heavy atom. The SMILES string of the molecule is Cc1nc(F)c2c(-c3ccc(F)cc3C(=O)N3CCOC[C@H]3C)cc(C3CN(CC4CCNCC4)C3)cn12. The van der Waals surface area contributed by atoms with Gasteiger partial charge in [0.1, 0.15) is 17.2 Å². The molecule has 0 aliphatic carbocycles. The molecule has 7 nitrogen and oxygen atoms in total. The van der Waals surface area contributed by atoms with Gasteiger partial charge in [-0.2, -0.15) is 4.39 Å². The second kappa shape index (κ2) is 10.4. The van der Waals surface area contributed by atoms with Crippen molar-refractivity contribution in [2.75, 3.05) is 52.5 Å². The van der Waals surface area contributed by atoms with Gasteiger partial charge in [0.15, 0.2) is 0 Å². The number of ether oxygens (including phenoxy) is 1. The number of aryl methyl sites for hydroxylation is 1. The lowest BCUT2D eigenvalue weighted by Crippen LogP contribution is -2.48. The maximum atomic E-state index is 15.2. The number of nitrogens with one attached hydrogen (secondary N) is 1. The molecule has 9 heteroatoms. The number of likely N-dealkylation sites (tertiary alicyclic amines) is 1. The van der Waals surface area contributed by atoms with Gasteiger partial charge in [0, 0.05) is 43.9 Å². The first-order valence-electron chi connectivity index (χ1n) is 13.7. The summed E-state index contributed by atoms with van der Waals surface area (Å²) < 4.78 is 37.0. The molecule has 0 bridgehead atoms. The average molecular weight is 524 g/mol. The minimum Gasteiger partial charge on any atom is -0.377 e. The molecular formula is C29H35F2N5O2. The second-order valence-electron chi connectivity index (χ2n) is 11.1. The van der Waals surface area contributed by atoms with Crippen LogP contribution in [0.2, 0.25) is 0 Å². The van der Waals surface area contributed by atoms with Gasteiger partial charge in [-0.05, 0) is 75.0 Å². The zero-order valence-corrected chi connectivity index (χ0v) is 22.1. The first-order valence-corrected chi connectivity index (χ1v) is 13.7. The highest BCUT2D eigenvalue weighted by Gasteiger charge is 2.33. The van der Waals surface area contributed by atoms with Crippen LogP contribution in [0.25, 0.3) is 16.6 Å². The van der Waals surface area contributed by atoms with E-state index in [1.165, 1.54) is 25.0 Å². The molecule has 3 aliphatic heterocycles. The highest BCUT2D eigenvalue weighted by molar-refractivity contribution is 6.03. The van der Waals surface area contributed by atoms with E-state index in [0.29, 0.717) is 48.1 Å². The Bertz CT molecular complexity index is 1350. The summed E-state index contributed by atoms with van der Waals surface area (Å²) in [7, 11) is 0. The van der Waals surface area contributed by atoms with Crippen LogP contribution >= 0.6 is 0 Å². The number of hydrogen-bond acceptors (Lipinski definition) is 5. The molecule has 0 radical (unpaired) electrons. The molecule has 3 saturated heterocycles. The Morgan fingerprint density at radius 1 is 1.16 bits per heavy atom. The number of morpholine rings is 1. The Labute approximate surface area is 221 Å². The molecule has 0 spiro atoms. The molecule has 3 aliphatic rings. The lowest BCUT2D eigenvalue weighted by molar-refractivity contribution is 0.00361. The highest BCUT2D eigenvalue weighted by Crippen LogP contribution is 2.37. The van der Waals surface area contributed by atoms with Crippen molar-refractivity contribution in [2.24, 2.45) is 5.92 Å². The number of pyridine rings is 1. The molecular weight excluding hydrogens is 488 g/mol. The number of piperidine rings is 1. The normalized spacial score (nSPS) is 21.7. The molecule has 1 N–H and O–H groups in total. The lowest BCUT2D eigenvalue weighted by Gasteiger charge is -2.42. The summed E-state index contributed by atoms with van der Waals surface area (Å²) >= 11 is 0. The summed E-state index contributed by atoms with van der Waals surface area (Å²) in [5.74, 6) is 0.227. The van der Waals surface area contributed by atoms with Crippen LogP contribution in [0.3, 0.4) is 0 Å². The summed E-state index contributed by atoms with van der Waals surface area (Å²) in [4.78, 5) is 22.0. The number of amides is 1. The Morgan fingerprint density at radius 2 is 1.95 bits per heavy atom. The monoisotopic (exact) mass is 523 g/mol. The molecule has 3 fully saturated rings. The van der Waals surface area contributed by atoms with Crippen molar-refractivity contribution in [3.8, 4) is 11.1 Å². The number of aromatic nitrogens is 2. The number of fused-ring (bicyclic) bond motifs is 1. The van der Waals surface area contributed by atoms with E-state index in [-0.39, 0.29) is 17.5 Å². The quantitative estimate of drug-likeness (QED) is 0.551. The minimum absolute atomic E-state index is 0.131. The van der Waals surface area contributed by atoms with E-state index in [9.17, 15) is 9.18 Å². The van der Waals surface area contributed by atoms with Gasteiger partial charge in [-0.15, -0.1) is 0 Å². The van der Waals surface area contributed by atoms with E-state index in [4.69, 9.17) is 4.74 Å². The van der Waals surface area contributed by atoms with Crippen molar-refractivity contribution in [3.63, 3.8) is 0 Å².